The molecule has 0 radical (unpaired) electrons. The fraction of sp³-hybridized carbons (Fsp3) is 0.556. The number of carbonyl (C=O) groups is 1. The van der Waals surface area contributed by atoms with Gasteiger partial charge in [0.2, 0.25) is 10.0 Å². The fourth-order valence-electron chi connectivity index (χ4n) is 2.79. The van der Waals surface area contributed by atoms with Crippen LogP contribution in [0.2, 0.25) is 0 Å². The molecule has 0 bridgehead atoms. The number of sulfonamides is 1. The number of pyridine rings is 1. The first-order valence-electron chi connectivity index (χ1n) is 9.71. The fourth-order valence-corrected chi connectivity index (χ4v) is 3.41. The summed E-state index contributed by atoms with van der Waals surface area (Å²) in [4.78, 5) is 16.5. The zero-order valence-electron chi connectivity index (χ0n) is 18.0. The van der Waals surface area contributed by atoms with E-state index in [1.165, 1.54) is 19.2 Å². The van der Waals surface area contributed by atoms with Crippen molar-refractivity contribution in [3.05, 3.63) is 17.8 Å². The summed E-state index contributed by atoms with van der Waals surface area (Å²) in [5.41, 5.74) is 0.864. The summed E-state index contributed by atoms with van der Waals surface area (Å²) < 4.78 is 70.6. The molecule has 0 saturated heterocycles. The van der Waals surface area contributed by atoms with Gasteiger partial charge in [0.1, 0.15) is 0 Å². The lowest BCUT2D eigenvalue weighted by Gasteiger charge is -2.20. The van der Waals surface area contributed by atoms with Crippen LogP contribution in [0.25, 0.3) is 11.4 Å². The van der Waals surface area contributed by atoms with Crippen LogP contribution in [0.5, 0.6) is 0 Å². The topological polar surface area (TPSA) is 128 Å². The van der Waals surface area contributed by atoms with E-state index < -0.39 is 28.4 Å². The average Bonchev–Trinajstić information content (AvgIpc) is 3.01. The van der Waals surface area contributed by atoms with Crippen LogP contribution in [-0.2, 0) is 21.8 Å². The van der Waals surface area contributed by atoms with Gasteiger partial charge in [-0.05, 0) is 31.9 Å². The highest BCUT2D eigenvalue weighted by atomic mass is 32.2. The SMILES string of the molecule is CCCCC[C@H](OC(=O)Nc1c(-c2ccc(NS(C)(=O)=O)c(C)n2)nnn1C)C(F)(F)F. The van der Waals surface area contributed by atoms with E-state index in [4.69, 9.17) is 0 Å². The first-order valence-corrected chi connectivity index (χ1v) is 11.6. The number of nitrogens with zero attached hydrogens (tertiary/aromatic N) is 4. The second kappa shape index (κ2) is 10.1. The zero-order valence-corrected chi connectivity index (χ0v) is 18.8. The second-order valence-corrected chi connectivity index (χ2v) is 8.92. The summed E-state index contributed by atoms with van der Waals surface area (Å²) in [6, 6.07) is 2.88. The summed E-state index contributed by atoms with van der Waals surface area (Å²) in [7, 11) is -2.09. The number of amides is 1. The summed E-state index contributed by atoms with van der Waals surface area (Å²) in [6.45, 7) is 3.41. The largest absolute Gasteiger partial charge is 0.436 e. The lowest BCUT2D eigenvalue weighted by molar-refractivity contribution is -0.204. The second-order valence-electron chi connectivity index (χ2n) is 7.17. The molecule has 2 heterocycles. The molecular formula is C18H25F3N6O4S. The Bertz CT molecular complexity index is 1060. The minimum absolute atomic E-state index is 0.0276. The Labute approximate surface area is 183 Å². The normalized spacial score (nSPS) is 13.0. The molecule has 1 atom stereocenters. The van der Waals surface area contributed by atoms with Crippen LogP contribution >= 0.6 is 0 Å². The van der Waals surface area contributed by atoms with Crippen LogP contribution in [0, 0.1) is 6.92 Å². The molecule has 10 nitrogen and oxygen atoms in total. The summed E-state index contributed by atoms with van der Waals surface area (Å²) >= 11 is 0. The Kier molecular flexibility index (Phi) is 8.04. The summed E-state index contributed by atoms with van der Waals surface area (Å²) in [6.07, 6.45) is -6.00. The van der Waals surface area contributed by atoms with Crippen molar-refractivity contribution in [1.82, 2.24) is 20.0 Å². The van der Waals surface area contributed by atoms with E-state index >= 15 is 0 Å². The van der Waals surface area contributed by atoms with Gasteiger partial charge in [-0.15, -0.1) is 5.10 Å². The minimum atomic E-state index is -4.69. The van der Waals surface area contributed by atoms with Gasteiger partial charge < -0.3 is 4.74 Å². The third kappa shape index (κ3) is 7.07. The van der Waals surface area contributed by atoms with Crippen LogP contribution in [0.1, 0.15) is 38.3 Å². The number of carbonyl (C=O) groups excluding carboxylic acids is 1. The number of ether oxygens (including phenoxy) is 1. The van der Waals surface area contributed by atoms with Gasteiger partial charge in [-0.25, -0.2) is 22.9 Å². The third-order valence-corrected chi connectivity index (χ3v) is 4.95. The van der Waals surface area contributed by atoms with Crippen LogP contribution in [-0.4, -0.2) is 53.0 Å². The Morgan fingerprint density at radius 2 is 1.97 bits per heavy atom. The molecule has 0 fully saturated rings. The highest BCUT2D eigenvalue weighted by Crippen LogP contribution is 2.29. The van der Waals surface area contributed by atoms with Gasteiger partial charge in [-0.1, -0.05) is 25.0 Å². The third-order valence-electron chi connectivity index (χ3n) is 4.36. The molecule has 2 aromatic rings. The van der Waals surface area contributed by atoms with Crippen molar-refractivity contribution in [3.8, 4) is 11.4 Å². The molecule has 2 rings (SSSR count). The van der Waals surface area contributed by atoms with E-state index in [0.717, 1.165) is 17.4 Å². The number of unbranched alkanes of at least 4 members (excludes halogenated alkanes) is 2. The number of alkyl halides is 3. The Hall–Kier alpha value is -2.90. The molecule has 0 aromatic carbocycles. The standard InChI is InChI=1S/C18H25F3N6O4S/c1-5-6-7-8-14(18(19,20)21)31-17(28)23-16-15(24-26-27(16)3)13-10-9-12(11(2)22-13)25-32(4,29)30/h9-10,14,25H,5-8H2,1-4H3,(H,23,28)/t14-/m0/s1. The number of hydrogen-bond acceptors (Lipinski definition) is 7. The minimum Gasteiger partial charge on any atom is -0.436 e. The lowest BCUT2D eigenvalue weighted by atomic mass is 10.1. The highest BCUT2D eigenvalue weighted by Gasteiger charge is 2.42. The molecule has 14 heteroatoms. The lowest BCUT2D eigenvalue weighted by Crippen LogP contribution is -2.35. The van der Waals surface area contributed by atoms with Crippen LogP contribution in [0.15, 0.2) is 12.1 Å². The Balaban J connectivity index is 2.22. The van der Waals surface area contributed by atoms with Crippen molar-refractivity contribution in [2.45, 2.75) is 51.8 Å². The van der Waals surface area contributed by atoms with E-state index in [0.29, 0.717) is 12.1 Å². The predicted octanol–water partition coefficient (Wildman–Crippen LogP) is 3.62. The molecule has 178 valence electrons. The Morgan fingerprint density at radius 3 is 2.53 bits per heavy atom. The van der Waals surface area contributed by atoms with Crippen LogP contribution in [0.4, 0.5) is 29.5 Å². The van der Waals surface area contributed by atoms with Gasteiger partial charge in [-0.2, -0.15) is 13.2 Å². The number of rotatable bonds is 9. The van der Waals surface area contributed by atoms with E-state index in [1.54, 1.807) is 6.92 Å². The maximum atomic E-state index is 13.2. The zero-order chi connectivity index (χ0) is 24.1. The van der Waals surface area contributed by atoms with Crippen molar-refractivity contribution in [3.63, 3.8) is 0 Å². The van der Waals surface area contributed by atoms with Crippen molar-refractivity contribution in [2.75, 3.05) is 16.3 Å². The molecule has 32 heavy (non-hydrogen) atoms. The maximum Gasteiger partial charge on any atom is 0.425 e. The summed E-state index contributed by atoms with van der Waals surface area (Å²) in [5.74, 6) is -0.0276. The van der Waals surface area contributed by atoms with E-state index in [2.05, 4.69) is 30.1 Å². The van der Waals surface area contributed by atoms with Crippen molar-refractivity contribution in [1.29, 1.82) is 0 Å². The highest BCUT2D eigenvalue weighted by molar-refractivity contribution is 7.92. The quantitative estimate of drug-likeness (QED) is 0.527. The molecule has 2 N–H and O–H groups in total. The molecule has 2 aromatic heterocycles. The molecule has 1 amide bonds. The van der Waals surface area contributed by atoms with Crippen LogP contribution < -0.4 is 10.0 Å². The van der Waals surface area contributed by atoms with Gasteiger partial charge in [0, 0.05) is 7.05 Å². The average molecular weight is 478 g/mol. The maximum absolute atomic E-state index is 13.2. The van der Waals surface area contributed by atoms with E-state index in [1.807, 2.05) is 6.92 Å². The smallest absolute Gasteiger partial charge is 0.425 e. The van der Waals surface area contributed by atoms with Gasteiger partial charge in [0.25, 0.3) is 0 Å². The van der Waals surface area contributed by atoms with Crippen molar-refractivity contribution in [2.24, 2.45) is 7.05 Å². The van der Waals surface area contributed by atoms with E-state index in [-0.39, 0.29) is 35.7 Å². The molecule has 0 unspecified atom stereocenters. The number of halogens is 3. The van der Waals surface area contributed by atoms with Gasteiger partial charge >= 0.3 is 12.3 Å². The first kappa shape index (κ1) is 25.4. The van der Waals surface area contributed by atoms with Gasteiger partial charge in [0.15, 0.2) is 17.6 Å². The Morgan fingerprint density at radius 1 is 1.28 bits per heavy atom. The van der Waals surface area contributed by atoms with E-state index in [9.17, 15) is 26.4 Å². The van der Waals surface area contributed by atoms with Crippen LogP contribution in [0.3, 0.4) is 0 Å². The number of hydrogen-bond donors (Lipinski definition) is 2. The first-order chi connectivity index (χ1) is 14.8. The number of aryl methyl sites for hydroxylation is 2. The monoisotopic (exact) mass is 478 g/mol. The summed E-state index contributed by atoms with van der Waals surface area (Å²) in [5, 5.41) is 9.91. The molecule has 0 aliphatic heterocycles. The number of nitrogens with one attached hydrogen (secondary N) is 2. The molecular weight excluding hydrogens is 453 g/mol. The molecule has 0 spiro atoms. The number of aromatic nitrogens is 4. The molecule has 0 aliphatic carbocycles. The predicted molar refractivity (Wildman–Crippen MR) is 112 cm³/mol. The van der Waals surface area contributed by atoms with Gasteiger partial charge in [0.05, 0.1) is 23.3 Å². The number of anilines is 2. The molecule has 0 aliphatic rings. The molecule has 0 saturated carbocycles. The van der Waals surface area contributed by atoms with Gasteiger partial charge in [-0.3, -0.25) is 10.0 Å². The van der Waals surface area contributed by atoms with Crippen molar-refractivity contribution < 1.29 is 31.1 Å². The van der Waals surface area contributed by atoms with Crippen molar-refractivity contribution >= 4 is 27.6 Å².